The van der Waals surface area contributed by atoms with Crippen molar-refractivity contribution >= 4 is 52.3 Å². The number of hydrogen-bond acceptors (Lipinski definition) is 7. The summed E-state index contributed by atoms with van der Waals surface area (Å²) in [4.78, 5) is 102. The molecule has 3 aromatic rings. The van der Waals surface area contributed by atoms with Gasteiger partial charge in [-0.05, 0) is 41.9 Å². The molecule has 304 valence electrons. The average Bonchev–Trinajstić information content (AvgIpc) is 3.60. The smallest absolute Gasteiger partial charge is 0.245 e. The number of fused-ring (bicyclic) bond motifs is 6. The Labute approximate surface area is 332 Å². The highest BCUT2D eigenvalue weighted by Gasteiger charge is 2.38. The van der Waals surface area contributed by atoms with Crippen LogP contribution in [0.25, 0.3) is 10.9 Å². The minimum Gasteiger partial charge on any atom is -0.361 e. The second-order valence-electron chi connectivity index (χ2n) is 16.0. The van der Waals surface area contributed by atoms with Crippen molar-refractivity contribution in [3.63, 3.8) is 0 Å². The monoisotopic (exact) mass is 782 g/mol. The van der Waals surface area contributed by atoms with Crippen molar-refractivity contribution in [2.45, 2.75) is 114 Å². The van der Waals surface area contributed by atoms with E-state index in [0.717, 1.165) is 43.0 Å². The molecule has 1 aliphatic carbocycles. The number of carbonyl (C=O) groups excluding carboxylic acids is 7. The van der Waals surface area contributed by atoms with E-state index in [0.29, 0.717) is 17.5 Å². The third-order valence-electron chi connectivity index (χ3n) is 11.1. The van der Waals surface area contributed by atoms with Gasteiger partial charge in [-0.2, -0.15) is 0 Å². The molecule has 1 aromatic heterocycles. The first kappa shape index (κ1) is 40.9. The number of carbonyl (C=O) groups is 7. The van der Waals surface area contributed by atoms with Crippen molar-refractivity contribution in [2.24, 2.45) is 11.8 Å². The minimum absolute atomic E-state index is 0.00322. The summed E-state index contributed by atoms with van der Waals surface area (Å²) in [5, 5.41) is 20.2. The van der Waals surface area contributed by atoms with Crippen LogP contribution < -0.4 is 37.2 Å². The van der Waals surface area contributed by atoms with Crippen LogP contribution in [-0.4, -0.2) is 89.1 Å². The van der Waals surface area contributed by atoms with Gasteiger partial charge in [-0.15, -0.1) is 0 Å². The third-order valence-corrected chi connectivity index (χ3v) is 11.1. The molecule has 6 atom stereocenters. The van der Waals surface area contributed by atoms with Crippen LogP contribution in [0.4, 0.5) is 0 Å². The van der Waals surface area contributed by atoms with Crippen molar-refractivity contribution in [2.75, 3.05) is 6.54 Å². The van der Waals surface area contributed by atoms with Gasteiger partial charge in [0.15, 0.2) is 0 Å². The van der Waals surface area contributed by atoms with Crippen molar-refractivity contribution in [3.05, 3.63) is 71.9 Å². The second-order valence-corrected chi connectivity index (χ2v) is 16.0. The Morgan fingerprint density at radius 1 is 0.596 bits per heavy atom. The zero-order chi connectivity index (χ0) is 40.5. The fourth-order valence-corrected chi connectivity index (χ4v) is 8.01. The number of benzene rings is 2. The Morgan fingerprint density at radius 3 is 1.93 bits per heavy atom. The van der Waals surface area contributed by atoms with E-state index in [4.69, 9.17) is 0 Å². The van der Waals surface area contributed by atoms with Gasteiger partial charge in [0.05, 0.1) is 6.42 Å². The Hall–Kier alpha value is -5.73. The van der Waals surface area contributed by atoms with Crippen molar-refractivity contribution in [1.29, 1.82) is 0 Å². The lowest BCUT2D eigenvalue weighted by atomic mass is 9.84. The normalized spacial score (nSPS) is 26.1. The molecule has 2 bridgehead atoms. The fraction of sp³-hybridized carbons (Fsp3) is 0.500. The van der Waals surface area contributed by atoms with E-state index in [-0.39, 0.29) is 31.1 Å². The van der Waals surface area contributed by atoms with Gasteiger partial charge in [-0.25, -0.2) is 0 Å². The Morgan fingerprint density at radius 2 is 1.18 bits per heavy atom. The maximum atomic E-state index is 14.4. The molecule has 3 aliphatic rings. The van der Waals surface area contributed by atoms with Gasteiger partial charge in [0.25, 0.3) is 0 Å². The first-order valence-electron chi connectivity index (χ1n) is 20.1. The summed E-state index contributed by atoms with van der Waals surface area (Å²) >= 11 is 0. The molecule has 1 unspecified atom stereocenters. The van der Waals surface area contributed by atoms with Gasteiger partial charge >= 0.3 is 0 Å². The van der Waals surface area contributed by atoms with E-state index in [1.54, 1.807) is 30.5 Å². The number of H-pyrrole nitrogens is 1. The van der Waals surface area contributed by atoms with Gasteiger partial charge in [0, 0.05) is 36.5 Å². The molecule has 2 aromatic carbocycles. The summed E-state index contributed by atoms with van der Waals surface area (Å²) in [6.07, 6.45) is 6.55. The van der Waals surface area contributed by atoms with Crippen LogP contribution in [0, 0.1) is 11.8 Å². The van der Waals surface area contributed by atoms with Crippen LogP contribution >= 0.6 is 0 Å². The highest BCUT2D eigenvalue weighted by molar-refractivity contribution is 6.00. The SMILES string of the molecule is CC(C)C[C@@H]1NC(=O)[C@@H]2CNC(=O)C[C@H](NC(=O)[C@H](CC3CCCCC3)NC1=O)C(=O)N[C@@H](Cc1c[nH]c3ccccc13)C(=O)NC(Cc1ccccc1)C(=O)N2. The Kier molecular flexibility index (Phi) is 13.6. The van der Waals surface area contributed by atoms with E-state index in [2.05, 4.69) is 42.2 Å². The molecule has 2 aliphatic heterocycles. The molecule has 2 saturated heterocycles. The second kappa shape index (κ2) is 18.9. The van der Waals surface area contributed by atoms with Gasteiger partial charge in [0.2, 0.25) is 41.4 Å². The van der Waals surface area contributed by atoms with Crippen LogP contribution in [-0.2, 0) is 46.4 Å². The number of aromatic nitrogens is 1. The summed E-state index contributed by atoms with van der Waals surface area (Å²) in [5.74, 6) is -4.76. The summed E-state index contributed by atoms with van der Waals surface area (Å²) in [6.45, 7) is 3.38. The first-order chi connectivity index (χ1) is 27.4. The molecule has 1 saturated carbocycles. The number of para-hydroxylation sites is 1. The predicted octanol–water partition coefficient (Wildman–Crippen LogP) is 1.41. The Bertz CT molecular complexity index is 1940. The lowest BCUT2D eigenvalue weighted by molar-refractivity contribution is -0.138. The lowest BCUT2D eigenvalue weighted by Crippen LogP contribution is -2.64. The van der Waals surface area contributed by atoms with Crippen LogP contribution in [0.15, 0.2) is 60.8 Å². The van der Waals surface area contributed by atoms with Gasteiger partial charge in [-0.1, -0.05) is 94.5 Å². The molecule has 8 N–H and O–H groups in total. The zero-order valence-electron chi connectivity index (χ0n) is 32.5. The van der Waals surface area contributed by atoms with Gasteiger partial charge in [-0.3, -0.25) is 33.6 Å². The fourth-order valence-electron chi connectivity index (χ4n) is 8.01. The van der Waals surface area contributed by atoms with Gasteiger partial charge < -0.3 is 42.2 Å². The molecule has 0 spiro atoms. The van der Waals surface area contributed by atoms with Crippen LogP contribution in [0.5, 0.6) is 0 Å². The number of hydrogen-bond donors (Lipinski definition) is 8. The largest absolute Gasteiger partial charge is 0.361 e. The Balaban J connectivity index is 1.40. The summed E-state index contributed by atoms with van der Waals surface area (Å²) in [7, 11) is 0. The maximum Gasteiger partial charge on any atom is 0.245 e. The minimum atomic E-state index is -1.46. The number of aromatic amines is 1. The molecular weight excluding hydrogens is 729 g/mol. The number of rotatable bonds is 8. The molecule has 0 radical (unpaired) electrons. The van der Waals surface area contributed by atoms with Crippen molar-refractivity contribution in [1.82, 2.24) is 42.2 Å². The maximum absolute atomic E-state index is 14.4. The van der Waals surface area contributed by atoms with Crippen LogP contribution in [0.2, 0.25) is 0 Å². The molecule has 57 heavy (non-hydrogen) atoms. The van der Waals surface area contributed by atoms with E-state index < -0.39 is 90.6 Å². The highest BCUT2D eigenvalue weighted by atomic mass is 16.2. The summed E-state index contributed by atoms with van der Waals surface area (Å²) in [5.41, 5.74) is 2.24. The average molecular weight is 783 g/mol. The third kappa shape index (κ3) is 11.0. The van der Waals surface area contributed by atoms with Crippen LogP contribution in [0.1, 0.15) is 76.3 Å². The van der Waals surface area contributed by atoms with Crippen molar-refractivity contribution < 1.29 is 33.6 Å². The quantitative estimate of drug-likeness (QED) is 0.168. The topological polar surface area (TPSA) is 219 Å². The van der Waals surface area contributed by atoms with Gasteiger partial charge in [0.1, 0.15) is 36.3 Å². The highest BCUT2D eigenvalue weighted by Crippen LogP contribution is 2.28. The molecular formula is C42H54N8O7. The van der Waals surface area contributed by atoms with Crippen molar-refractivity contribution in [3.8, 4) is 0 Å². The van der Waals surface area contributed by atoms with E-state index >= 15 is 0 Å². The summed E-state index contributed by atoms with van der Waals surface area (Å²) in [6, 6.07) is 9.00. The standard InChI is InChI=1S/C42H54N8O7/c1-24(2)17-30-37(52)46-31(18-25-11-5-3-6-12-25)38(53)49-34-21-36(51)44-23-35(42(57)45-30)50-39(54)32(19-26-13-7-4-8-14-26)47-40(55)33(48-41(34)56)20-27-22-43-29-16-10-9-15-28(27)29/h4,7-10,13-16,22,24-25,30-35,43H,3,5-6,11-12,17-21,23H2,1-2H3,(H,44,51)(H,45,57)(H,46,52)(H,47,55)(H,48,56)(H,49,53)(H,50,54)/t30-,31-,32?,33-,34-,35-/m0/s1. The molecule has 15 nitrogen and oxygen atoms in total. The van der Waals surface area contributed by atoms with E-state index in [1.807, 2.05) is 44.2 Å². The molecule has 15 heteroatoms. The molecule has 3 fully saturated rings. The number of amides is 7. The lowest BCUT2D eigenvalue weighted by Gasteiger charge is -2.32. The molecule has 7 amide bonds. The zero-order valence-corrected chi connectivity index (χ0v) is 32.5. The van der Waals surface area contributed by atoms with E-state index in [1.165, 1.54) is 0 Å². The van der Waals surface area contributed by atoms with Crippen LogP contribution in [0.3, 0.4) is 0 Å². The molecule has 6 rings (SSSR count). The summed E-state index contributed by atoms with van der Waals surface area (Å²) < 4.78 is 0. The number of nitrogens with one attached hydrogen (secondary N) is 8. The molecule has 3 heterocycles. The van der Waals surface area contributed by atoms with E-state index in [9.17, 15) is 33.6 Å². The first-order valence-corrected chi connectivity index (χ1v) is 20.1. The predicted molar refractivity (Wildman–Crippen MR) is 212 cm³/mol.